The van der Waals surface area contributed by atoms with E-state index >= 15 is 0 Å². The van der Waals surface area contributed by atoms with Crippen LogP contribution in [0.5, 0.6) is 0 Å². The van der Waals surface area contributed by atoms with Gasteiger partial charge in [-0.1, -0.05) is 182 Å². The van der Waals surface area contributed by atoms with Gasteiger partial charge in [-0.25, -0.2) is 0 Å². The van der Waals surface area contributed by atoms with E-state index in [2.05, 4.69) is 229 Å². The molecule has 0 radical (unpaired) electrons. The number of fused-ring (bicyclic) bond motifs is 4. The molecule has 260 valence electrons. The van der Waals surface area contributed by atoms with E-state index in [-0.39, 0.29) is 0 Å². The van der Waals surface area contributed by atoms with Gasteiger partial charge in [-0.2, -0.15) is 0 Å². The summed E-state index contributed by atoms with van der Waals surface area (Å²) in [7, 11) is -2.69. The van der Waals surface area contributed by atoms with Crippen molar-refractivity contribution in [2.75, 3.05) is 4.90 Å². The molecule has 0 N–H and O–H groups in total. The average Bonchev–Trinajstić information content (AvgIpc) is 3.63. The highest BCUT2D eigenvalue weighted by molar-refractivity contribution is 7.19. The van der Waals surface area contributed by atoms with Crippen molar-refractivity contribution in [1.29, 1.82) is 0 Å². The lowest BCUT2D eigenvalue weighted by atomic mass is 10.0. The Kier molecular flexibility index (Phi) is 8.20. The minimum absolute atomic E-state index is 0.866. The number of nitrogens with zero attached hydrogens (tertiary/aromatic N) is 1. The molecule has 1 aromatic heterocycles. The van der Waals surface area contributed by atoms with E-state index in [1.54, 1.807) is 0 Å². The number of para-hydroxylation sites is 1. The second-order valence-electron chi connectivity index (χ2n) is 14.1. The highest BCUT2D eigenvalue weighted by atomic mass is 28.3. The SMILES string of the molecule is c1ccc(-c2ccc(N(c3ccc([Si](c4ccccc4)(c4ccccc4)c4ccccc4)cc3)c3cccc4c3oc3cc5ccccc5cc34)cc2)cc1. The molecule has 0 spiro atoms. The second-order valence-corrected chi connectivity index (χ2v) is 17.9. The number of anilines is 3. The third kappa shape index (κ3) is 5.65. The Hall–Kier alpha value is -6.94. The van der Waals surface area contributed by atoms with Crippen LogP contribution in [0.4, 0.5) is 17.1 Å². The number of furan rings is 1. The first-order valence-electron chi connectivity index (χ1n) is 18.8. The first kappa shape index (κ1) is 32.7. The fourth-order valence-corrected chi connectivity index (χ4v) is 13.2. The molecule has 2 nitrogen and oxygen atoms in total. The van der Waals surface area contributed by atoms with Gasteiger partial charge in [-0.05, 0) is 85.1 Å². The van der Waals surface area contributed by atoms with Crippen LogP contribution in [0.25, 0.3) is 43.8 Å². The van der Waals surface area contributed by atoms with E-state index in [9.17, 15) is 0 Å². The van der Waals surface area contributed by atoms with Gasteiger partial charge in [0, 0.05) is 22.1 Å². The Morgan fingerprint density at radius 2 is 0.800 bits per heavy atom. The summed E-state index contributed by atoms with van der Waals surface area (Å²) in [6.07, 6.45) is 0. The van der Waals surface area contributed by atoms with E-state index in [0.29, 0.717) is 0 Å². The van der Waals surface area contributed by atoms with Crippen LogP contribution in [-0.2, 0) is 0 Å². The van der Waals surface area contributed by atoms with Crippen molar-refractivity contribution in [3.05, 3.63) is 224 Å². The fraction of sp³-hybridized carbons (Fsp3) is 0. The third-order valence-corrected chi connectivity index (χ3v) is 15.8. The second kappa shape index (κ2) is 13.8. The maximum Gasteiger partial charge on any atom is 0.179 e. The van der Waals surface area contributed by atoms with Gasteiger partial charge in [-0.15, -0.1) is 0 Å². The summed E-state index contributed by atoms with van der Waals surface area (Å²) in [4.78, 5) is 2.35. The predicted octanol–water partition coefficient (Wildman–Crippen LogP) is 11.3. The molecule has 0 bridgehead atoms. The molecule has 0 unspecified atom stereocenters. The molecular weight excluding hydrogens is 683 g/mol. The van der Waals surface area contributed by atoms with Crippen LogP contribution in [0.15, 0.2) is 229 Å². The molecule has 10 rings (SSSR count). The topological polar surface area (TPSA) is 16.4 Å². The van der Waals surface area contributed by atoms with Gasteiger partial charge in [0.1, 0.15) is 5.58 Å². The van der Waals surface area contributed by atoms with E-state index in [4.69, 9.17) is 4.42 Å². The fourth-order valence-electron chi connectivity index (χ4n) is 8.43. The predicted molar refractivity (Wildman–Crippen MR) is 235 cm³/mol. The number of hydrogen-bond acceptors (Lipinski definition) is 2. The van der Waals surface area contributed by atoms with E-state index in [0.717, 1.165) is 39.0 Å². The molecule has 3 heteroatoms. The summed E-state index contributed by atoms with van der Waals surface area (Å²) in [5, 5.41) is 9.98. The van der Waals surface area contributed by atoms with Crippen LogP contribution in [0.3, 0.4) is 0 Å². The Balaban J connectivity index is 1.18. The molecule has 1 heterocycles. The van der Waals surface area contributed by atoms with Crippen molar-refractivity contribution in [2.45, 2.75) is 0 Å². The van der Waals surface area contributed by atoms with E-state index in [1.165, 1.54) is 42.6 Å². The summed E-state index contributed by atoms with van der Waals surface area (Å²) in [6.45, 7) is 0. The minimum atomic E-state index is -2.69. The van der Waals surface area contributed by atoms with Crippen LogP contribution < -0.4 is 25.6 Å². The molecule has 0 saturated heterocycles. The maximum absolute atomic E-state index is 6.83. The summed E-state index contributed by atoms with van der Waals surface area (Å²) in [6, 6.07) is 81.5. The van der Waals surface area contributed by atoms with Gasteiger partial charge in [0.25, 0.3) is 0 Å². The molecule has 0 saturated carbocycles. The van der Waals surface area contributed by atoms with Gasteiger partial charge in [0.2, 0.25) is 0 Å². The van der Waals surface area contributed by atoms with E-state index < -0.39 is 8.07 Å². The van der Waals surface area contributed by atoms with Crippen molar-refractivity contribution in [2.24, 2.45) is 0 Å². The van der Waals surface area contributed by atoms with Crippen LogP contribution >= 0.6 is 0 Å². The normalized spacial score (nSPS) is 11.6. The highest BCUT2D eigenvalue weighted by Crippen LogP contribution is 2.43. The van der Waals surface area contributed by atoms with Gasteiger partial charge < -0.3 is 9.32 Å². The maximum atomic E-state index is 6.83. The molecule has 10 aromatic rings. The monoisotopic (exact) mass is 719 g/mol. The van der Waals surface area contributed by atoms with Gasteiger partial charge in [0.15, 0.2) is 13.7 Å². The Bertz CT molecular complexity index is 2790. The Labute approximate surface area is 322 Å². The van der Waals surface area contributed by atoms with Crippen molar-refractivity contribution >= 4 is 78.6 Å². The lowest BCUT2D eigenvalue weighted by molar-refractivity contribution is 0.669. The highest BCUT2D eigenvalue weighted by Gasteiger charge is 2.41. The minimum Gasteiger partial charge on any atom is -0.454 e. The molecule has 0 atom stereocenters. The lowest BCUT2D eigenvalue weighted by Crippen LogP contribution is -2.74. The summed E-state index contributed by atoms with van der Waals surface area (Å²) in [5.74, 6) is 0. The zero-order valence-electron chi connectivity index (χ0n) is 30.2. The Morgan fingerprint density at radius 3 is 1.36 bits per heavy atom. The number of benzene rings is 9. The number of hydrogen-bond donors (Lipinski definition) is 0. The van der Waals surface area contributed by atoms with Crippen LogP contribution in [0.2, 0.25) is 0 Å². The smallest absolute Gasteiger partial charge is 0.179 e. The largest absolute Gasteiger partial charge is 0.454 e. The van der Waals surface area contributed by atoms with Crippen molar-refractivity contribution in [1.82, 2.24) is 0 Å². The van der Waals surface area contributed by atoms with Gasteiger partial charge >= 0.3 is 0 Å². The van der Waals surface area contributed by atoms with Gasteiger partial charge in [0.05, 0.1) is 5.69 Å². The summed E-state index contributed by atoms with van der Waals surface area (Å²) >= 11 is 0. The Morgan fingerprint density at radius 1 is 0.345 bits per heavy atom. The van der Waals surface area contributed by atoms with Crippen LogP contribution in [0.1, 0.15) is 0 Å². The third-order valence-electron chi connectivity index (χ3n) is 11.0. The van der Waals surface area contributed by atoms with E-state index in [1.807, 2.05) is 0 Å². The quantitative estimate of drug-likeness (QED) is 0.115. The van der Waals surface area contributed by atoms with Crippen molar-refractivity contribution < 1.29 is 4.42 Å². The molecule has 9 aromatic carbocycles. The van der Waals surface area contributed by atoms with Gasteiger partial charge in [-0.3, -0.25) is 0 Å². The molecule has 0 amide bonds. The summed E-state index contributed by atoms with van der Waals surface area (Å²) < 4.78 is 6.83. The van der Waals surface area contributed by atoms with Crippen molar-refractivity contribution in [3.8, 4) is 11.1 Å². The van der Waals surface area contributed by atoms with Crippen LogP contribution in [0, 0.1) is 0 Å². The molecule has 0 aliphatic heterocycles. The van der Waals surface area contributed by atoms with Crippen LogP contribution in [-0.4, -0.2) is 8.07 Å². The number of rotatable bonds is 8. The summed E-state index contributed by atoms with van der Waals surface area (Å²) in [5.41, 5.74) is 7.24. The first-order valence-corrected chi connectivity index (χ1v) is 20.8. The lowest BCUT2D eigenvalue weighted by Gasteiger charge is -2.35. The zero-order chi connectivity index (χ0) is 36.6. The first-order chi connectivity index (χ1) is 27.3. The molecule has 0 aliphatic carbocycles. The van der Waals surface area contributed by atoms with Crippen molar-refractivity contribution in [3.63, 3.8) is 0 Å². The molecule has 0 aliphatic rings. The molecule has 55 heavy (non-hydrogen) atoms. The average molecular weight is 720 g/mol. The molecule has 0 fully saturated rings. The molecular formula is C52H37NOSi. The standard InChI is InChI=1S/C52H37NOSi/c1-5-16-38(17-6-1)39-28-30-42(31-29-39)53(50-27-15-26-48-49-36-40-18-13-14-19-41(40)37-51(49)54-52(48)50)43-32-34-47(35-33-43)55(44-20-7-2-8-21-44,45-22-9-3-10-23-45)46-24-11-4-12-25-46/h1-37H. The zero-order valence-corrected chi connectivity index (χ0v) is 31.2.